The van der Waals surface area contributed by atoms with Crippen molar-refractivity contribution < 1.29 is 19.7 Å². The van der Waals surface area contributed by atoms with Crippen LogP contribution in [0.2, 0.25) is 0 Å². The first-order valence-electron chi connectivity index (χ1n) is 13.0. The smallest absolute Gasteiger partial charge is 0.305 e. The predicted molar refractivity (Wildman–Crippen MR) is 129 cm³/mol. The second kappa shape index (κ2) is 14.3. The maximum atomic E-state index is 11.6. The number of aliphatic hydroxyl groups is 2. The number of hydrogen-bond donors (Lipinski definition) is 2. The van der Waals surface area contributed by atoms with Crippen LogP contribution in [0.25, 0.3) is 0 Å². The minimum atomic E-state index is -0.685. The van der Waals surface area contributed by atoms with Crippen LogP contribution in [0.3, 0.4) is 0 Å². The second-order valence-electron chi connectivity index (χ2n) is 10.2. The molecule has 31 heavy (non-hydrogen) atoms. The van der Waals surface area contributed by atoms with Gasteiger partial charge in [0.2, 0.25) is 0 Å². The van der Waals surface area contributed by atoms with Gasteiger partial charge in [-0.2, -0.15) is 0 Å². The molecular formula is C27H50O4. The van der Waals surface area contributed by atoms with Crippen molar-refractivity contribution in [2.24, 2.45) is 11.3 Å². The molecule has 2 N–H and O–H groups in total. The summed E-state index contributed by atoms with van der Waals surface area (Å²) in [5.74, 6) is 0.134. The highest BCUT2D eigenvalue weighted by atomic mass is 16.5. The fourth-order valence-electron chi connectivity index (χ4n) is 5.08. The van der Waals surface area contributed by atoms with Gasteiger partial charge in [-0.15, -0.1) is 0 Å². The fourth-order valence-corrected chi connectivity index (χ4v) is 5.08. The van der Waals surface area contributed by atoms with E-state index in [4.69, 9.17) is 4.74 Å². The van der Waals surface area contributed by atoms with Crippen LogP contribution in [0, 0.1) is 11.3 Å². The fraction of sp³-hybridized carbons (Fsp3) is 0.889. The van der Waals surface area contributed by atoms with Crippen LogP contribution in [0.5, 0.6) is 0 Å². The molecule has 0 spiro atoms. The van der Waals surface area contributed by atoms with Gasteiger partial charge < -0.3 is 14.9 Å². The van der Waals surface area contributed by atoms with Crippen LogP contribution in [0.4, 0.5) is 0 Å². The summed E-state index contributed by atoms with van der Waals surface area (Å²) in [6.07, 6.45) is 15.2. The lowest BCUT2D eigenvalue weighted by atomic mass is 9.67. The molecule has 1 fully saturated rings. The number of carbonyl (C=O) groups is 1. The Bertz CT molecular complexity index is 539. The Labute approximate surface area is 191 Å². The van der Waals surface area contributed by atoms with E-state index >= 15 is 0 Å². The highest BCUT2D eigenvalue weighted by molar-refractivity contribution is 5.69. The molecule has 0 aliphatic heterocycles. The Balaban J connectivity index is 2.60. The lowest BCUT2D eigenvalue weighted by Gasteiger charge is -2.43. The van der Waals surface area contributed by atoms with Gasteiger partial charge in [-0.05, 0) is 57.3 Å². The highest BCUT2D eigenvalue weighted by Gasteiger charge is 2.41. The van der Waals surface area contributed by atoms with E-state index < -0.39 is 5.60 Å². The van der Waals surface area contributed by atoms with E-state index in [1.54, 1.807) is 0 Å². The molecule has 182 valence electrons. The molecule has 3 atom stereocenters. The number of esters is 1. The first-order valence-corrected chi connectivity index (χ1v) is 13.0. The van der Waals surface area contributed by atoms with Crippen LogP contribution in [0.15, 0.2) is 11.6 Å². The maximum absolute atomic E-state index is 11.6. The number of unbranched alkanes of at least 4 members (excludes halogenated alkanes) is 4. The summed E-state index contributed by atoms with van der Waals surface area (Å²) in [5.41, 5.74) is 0.552. The molecule has 0 bridgehead atoms. The summed E-state index contributed by atoms with van der Waals surface area (Å²) in [6.45, 7) is 11.1. The van der Waals surface area contributed by atoms with Gasteiger partial charge in [0.1, 0.15) is 0 Å². The summed E-state index contributed by atoms with van der Waals surface area (Å²) < 4.78 is 4.97. The highest BCUT2D eigenvalue weighted by Crippen LogP contribution is 2.43. The van der Waals surface area contributed by atoms with Gasteiger partial charge >= 0.3 is 5.97 Å². The van der Waals surface area contributed by atoms with Crippen LogP contribution < -0.4 is 0 Å². The molecule has 1 aliphatic rings. The van der Waals surface area contributed by atoms with Gasteiger partial charge in [0.05, 0.1) is 18.3 Å². The van der Waals surface area contributed by atoms with Gasteiger partial charge in [-0.25, -0.2) is 0 Å². The molecule has 0 heterocycles. The van der Waals surface area contributed by atoms with Gasteiger partial charge in [-0.1, -0.05) is 77.9 Å². The van der Waals surface area contributed by atoms with Crippen molar-refractivity contribution >= 4 is 5.97 Å². The van der Waals surface area contributed by atoms with Crippen molar-refractivity contribution in [2.45, 2.75) is 136 Å². The summed E-state index contributed by atoms with van der Waals surface area (Å²) in [4.78, 5) is 11.4. The molecule has 1 unspecified atom stereocenters. The molecule has 0 aromatic rings. The molecule has 4 heteroatoms. The molecule has 4 nitrogen and oxygen atoms in total. The van der Waals surface area contributed by atoms with Crippen molar-refractivity contribution in [1.29, 1.82) is 0 Å². The van der Waals surface area contributed by atoms with E-state index in [2.05, 4.69) is 33.8 Å². The maximum Gasteiger partial charge on any atom is 0.305 e. The molecule has 1 rings (SSSR count). The largest absolute Gasteiger partial charge is 0.466 e. The third-order valence-electron chi connectivity index (χ3n) is 7.40. The zero-order valence-corrected chi connectivity index (χ0v) is 21.0. The molecule has 1 aliphatic carbocycles. The Morgan fingerprint density at radius 1 is 1.06 bits per heavy atom. The Morgan fingerprint density at radius 2 is 1.77 bits per heavy atom. The van der Waals surface area contributed by atoms with Gasteiger partial charge in [-0.3, -0.25) is 4.79 Å². The van der Waals surface area contributed by atoms with Crippen LogP contribution >= 0.6 is 0 Å². The summed E-state index contributed by atoms with van der Waals surface area (Å²) >= 11 is 0. The standard InChI is InChI=1S/C27H50O4/c1-6-9-20-26(4,5)27(30,19-7-2)21-18-22-16-17-24(28)23(22)14-12-10-11-13-15-25(29)31-8-3/h18,23-24,28,30H,6-17,19-21H2,1-5H3/t23-,24+,27?/m1/s1. The molecule has 0 aromatic heterocycles. The summed E-state index contributed by atoms with van der Waals surface area (Å²) in [5, 5.41) is 22.1. The van der Waals surface area contributed by atoms with Crippen LogP contribution in [-0.4, -0.2) is 34.5 Å². The van der Waals surface area contributed by atoms with Crippen molar-refractivity contribution in [2.75, 3.05) is 6.61 Å². The monoisotopic (exact) mass is 438 g/mol. The van der Waals surface area contributed by atoms with Gasteiger partial charge in [0.15, 0.2) is 0 Å². The van der Waals surface area contributed by atoms with E-state index in [9.17, 15) is 15.0 Å². The Hall–Kier alpha value is -0.870. The summed E-state index contributed by atoms with van der Waals surface area (Å²) in [6, 6.07) is 0. The zero-order valence-electron chi connectivity index (χ0n) is 21.0. The third-order valence-corrected chi connectivity index (χ3v) is 7.40. The Morgan fingerprint density at radius 3 is 2.42 bits per heavy atom. The van der Waals surface area contributed by atoms with Crippen molar-refractivity contribution in [3.63, 3.8) is 0 Å². The quantitative estimate of drug-likeness (QED) is 0.159. The lowest BCUT2D eigenvalue weighted by molar-refractivity contribution is -0.143. The molecule has 0 saturated heterocycles. The second-order valence-corrected chi connectivity index (χ2v) is 10.2. The first-order chi connectivity index (χ1) is 14.7. The minimum absolute atomic E-state index is 0.0969. The van der Waals surface area contributed by atoms with E-state index in [0.717, 1.165) is 77.0 Å². The molecular weight excluding hydrogens is 388 g/mol. The average molecular weight is 439 g/mol. The molecule has 0 aromatic carbocycles. The first kappa shape index (κ1) is 28.2. The molecule has 1 saturated carbocycles. The molecule has 0 amide bonds. The topological polar surface area (TPSA) is 66.8 Å². The Kier molecular flexibility index (Phi) is 13.0. The van der Waals surface area contributed by atoms with Crippen LogP contribution in [-0.2, 0) is 9.53 Å². The minimum Gasteiger partial charge on any atom is -0.466 e. The van der Waals surface area contributed by atoms with Crippen molar-refractivity contribution in [3.8, 4) is 0 Å². The number of carbonyl (C=O) groups excluding carboxylic acids is 1. The van der Waals surface area contributed by atoms with E-state index in [1.807, 2.05) is 6.92 Å². The number of hydrogen-bond acceptors (Lipinski definition) is 4. The third kappa shape index (κ3) is 9.26. The lowest BCUT2D eigenvalue weighted by Crippen LogP contribution is -2.44. The number of ether oxygens (including phenoxy) is 1. The predicted octanol–water partition coefficient (Wildman–Crippen LogP) is 6.73. The van der Waals surface area contributed by atoms with E-state index in [-0.39, 0.29) is 23.4 Å². The van der Waals surface area contributed by atoms with Crippen LogP contribution in [0.1, 0.15) is 125 Å². The average Bonchev–Trinajstić information content (AvgIpc) is 3.07. The SMILES string of the molecule is CCCCC(C)(C)C(O)(CC=C1CC[C@H](O)[C@@H]1CCCCCCC(=O)OCC)CCC. The number of rotatable bonds is 16. The van der Waals surface area contributed by atoms with E-state index in [0.29, 0.717) is 19.4 Å². The zero-order chi connectivity index (χ0) is 23.3. The summed E-state index contributed by atoms with van der Waals surface area (Å²) in [7, 11) is 0. The van der Waals surface area contributed by atoms with Crippen molar-refractivity contribution in [1.82, 2.24) is 0 Å². The van der Waals surface area contributed by atoms with Crippen molar-refractivity contribution in [3.05, 3.63) is 11.6 Å². The normalized spacial score (nSPS) is 22.6. The molecule has 0 radical (unpaired) electrons. The van der Waals surface area contributed by atoms with Gasteiger partial charge in [0, 0.05) is 12.3 Å². The van der Waals surface area contributed by atoms with Gasteiger partial charge in [0.25, 0.3) is 0 Å². The number of aliphatic hydroxyl groups excluding tert-OH is 1. The van der Waals surface area contributed by atoms with E-state index in [1.165, 1.54) is 5.57 Å².